The quantitative estimate of drug-likeness (QED) is 0.427. The minimum Gasteiger partial charge on any atom is -0.361 e. The van der Waals surface area contributed by atoms with Gasteiger partial charge in [-0.15, -0.1) is 0 Å². The van der Waals surface area contributed by atoms with Gasteiger partial charge in [0.25, 0.3) is 0 Å². The third-order valence-corrected chi connectivity index (χ3v) is 2.60. The first-order valence-electron chi connectivity index (χ1n) is 6.00. The van der Waals surface area contributed by atoms with Crippen molar-refractivity contribution in [1.82, 2.24) is 10.7 Å². The molecule has 1 aromatic rings. The maximum absolute atomic E-state index is 5.15. The minimum absolute atomic E-state index is 0.637. The van der Waals surface area contributed by atoms with Crippen LogP contribution in [0.25, 0.3) is 0 Å². The first-order chi connectivity index (χ1) is 8.11. The van der Waals surface area contributed by atoms with Crippen molar-refractivity contribution in [3.63, 3.8) is 0 Å². The van der Waals surface area contributed by atoms with Gasteiger partial charge in [0.05, 0.1) is 5.69 Å². The summed E-state index contributed by atoms with van der Waals surface area (Å²) < 4.78 is 0. The lowest BCUT2D eigenvalue weighted by Gasteiger charge is -2.13. The molecule has 0 aromatic heterocycles. The third kappa shape index (κ3) is 5.54. The number of aryl methyl sites for hydroxylation is 2. The number of anilines is 1. The molecule has 0 aliphatic rings. The van der Waals surface area contributed by atoms with Crippen LogP contribution in [0.2, 0.25) is 0 Å². The summed E-state index contributed by atoms with van der Waals surface area (Å²) in [5.74, 6) is 0. The highest BCUT2D eigenvalue weighted by Gasteiger charge is 1.96. The van der Waals surface area contributed by atoms with Crippen molar-refractivity contribution >= 4 is 23.0 Å². The van der Waals surface area contributed by atoms with Crippen LogP contribution in [0.15, 0.2) is 18.2 Å². The molecule has 0 aliphatic heterocycles. The van der Waals surface area contributed by atoms with Crippen molar-refractivity contribution in [2.45, 2.75) is 33.6 Å². The van der Waals surface area contributed by atoms with Gasteiger partial charge in [-0.1, -0.05) is 19.4 Å². The lowest BCUT2D eigenvalue weighted by atomic mass is 10.1. The van der Waals surface area contributed by atoms with Gasteiger partial charge in [0.1, 0.15) is 0 Å². The molecule has 3 N–H and O–H groups in total. The second-order valence-electron chi connectivity index (χ2n) is 4.24. The van der Waals surface area contributed by atoms with Crippen LogP contribution in [-0.2, 0) is 0 Å². The SMILES string of the molecule is CCCCNC(=S)NNc1cc(C)cc(C)c1. The predicted molar refractivity (Wildman–Crippen MR) is 78.2 cm³/mol. The third-order valence-electron chi connectivity index (χ3n) is 2.36. The van der Waals surface area contributed by atoms with E-state index in [9.17, 15) is 0 Å². The van der Waals surface area contributed by atoms with Crippen LogP contribution in [0.3, 0.4) is 0 Å². The van der Waals surface area contributed by atoms with Crippen LogP contribution in [0.5, 0.6) is 0 Å². The molecule has 0 spiro atoms. The second-order valence-corrected chi connectivity index (χ2v) is 4.64. The topological polar surface area (TPSA) is 36.1 Å². The minimum atomic E-state index is 0.637. The largest absolute Gasteiger partial charge is 0.361 e. The van der Waals surface area contributed by atoms with Crippen molar-refractivity contribution in [3.05, 3.63) is 29.3 Å². The number of hydrogen-bond acceptors (Lipinski definition) is 2. The van der Waals surface area contributed by atoms with Crippen molar-refractivity contribution in [1.29, 1.82) is 0 Å². The predicted octanol–water partition coefficient (Wildman–Crippen LogP) is 2.89. The van der Waals surface area contributed by atoms with Gasteiger partial charge < -0.3 is 5.32 Å². The zero-order valence-corrected chi connectivity index (χ0v) is 11.6. The standard InChI is InChI=1S/C13H21N3S/c1-4-5-6-14-13(17)16-15-12-8-10(2)7-11(3)9-12/h7-9,15H,4-6H2,1-3H3,(H2,14,16,17). The molecule has 0 saturated heterocycles. The molecule has 0 heterocycles. The first-order valence-corrected chi connectivity index (χ1v) is 6.41. The molecule has 1 rings (SSSR count). The Morgan fingerprint density at radius 2 is 1.82 bits per heavy atom. The molecule has 4 heteroatoms. The maximum atomic E-state index is 5.15. The van der Waals surface area contributed by atoms with E-state index in [4.69, 9.17) is 12.2 Å². The van der Waals surface area contributed by atoms with Gasteiger partial charge in [-0.25, -0.2) is 0 Å². The summed E-state index contributed by atoms with van der Waals surface area (Å²) in [7, 11) is 0. The fourth-order valence-corrected chi connectivity index (χ4v) is 1.75. The van der Waals surface area contributed by atoms with Gasteiger partial charge in [0, 0.05) is 6.54 Å². The van der Waals surface area contributed by atoms with Gasteiger partial charge in [-0.3, -0.25) is 10.9 Å². The molecule has 0 saturated carbocycles. The molecule has 0 bridgehead atoms. The summed E-state index contributed by atoms with van der Waals surface area (Å²) in [6.07, 6.45) is 2.30. The van der Waals surface area contributed by atoms with Gasteiger partial charge in [-0.2, -0.15) is 0 Å². The van der Waals surface area contributed by atoms with E-state index < -0.39 is 0 Å². The molecule has 0 unspecified atom stereocenters. The van der Waals surface area contributed by atoms with E-state index in [0.717, 1.165) is 18.7 Å². The van der Waals surface area contributed by atoms with Crippen LogP contribution >= 0.6 is 12.2 Å². The number of unbranched alkanes of at least 4 members (excludes halogenated alkanes) is 1. The lowest BCUT2D eigenvalue weighted by molar-refractivity contribution is 0.748. The van der Waals surface area contributed by atoms with E-state index >= 15 is 0 Å². The number of hydrazine groups is 1. The fraction of sp³-hybridized carbons (Fsp3) is 0.462. The summed E-state index contributed by atoms with van der Waals surface area (Å²) in [5.41, 5.74) is 9.58. The average Bonchev–Trinajstić information content (AvgIpc) is 2.25. The zero-order valence-electron chi connectivity index (χ0n) is 10.8. The molecular weight excluding hydrogens is 230 g/mol. The van der Waals surface area contributed by atoms with Crippen LogP contribution in [0.1, 0.15) is 30.9 Å². The zero-order chi connectivity index (χ0) is 12.7. The molecule has 94 valence electrons. The molecule has 0 radical (unpaired) electrons. The van der Waals surface area contributed by atoms with Crippen LogP contribution in [0.4, 0.5) is 5.69 Å². The number of nitrogens with one attached hydrogen (secondary N) is 3. The molecule has 0 atom stereocenters. The van der Waals surface area contributed by atoms with E-state index in [1.807, 2.05) is 0 Å². The molecule has 1 aromatic carbocycles. The Balaban J connectivity index is 2.36. The summed E-state index contributed by atoms with van der Waals surface area (Å²) in [5, 5.41) is 3.78. The number of benzene rings is 1. The van der Waals surface area contributed by atoms with E-state index in [2.05, 4.69) is 55.1 Å². The Hall–Kier alpha value is -1.29. The molecule has 3 nitrogen and oxygen atoms in total. The summed E-state index contributed by atoms with van der Waals surface area (Å²) >= 11 is 5.15. The molecule has 0 amide bonds. The van der Waals surface area contributed by atoms with Gasteiger partial charge in [0.15, 0.2) is 5.11 Å². The average molecular weight is 251 g/mol. The smallest absolute Gasteiger partial charge is 0.185 e. The van der Waals surface area contributed by atoms with Crippen LogP contribution < -0.4 is 16.2 Å². The van der Waals surface area contributed by atoms with E-state index in [1.54, 1.807) is 0 Å². The normalized spacial score (nSPS) is 9.82. The van der Waals surface area contributed by atoms with Crippen molar-refractivity contribution in [2.24, 2.45) is 0 Å². The Kier molecular flexibility index (Phi) is 5.77. The van der Waals surface area contributed by atoms with E-state index in [0.29, 0.717) is 5.11 Å². The molecule has 17 heavy (non-hydrogen) atoms. The molecule has 0 fully saturated rings. The highest BCUT2D eigenvalue weighted by atomic mass is 32.1. The van der Waals surface area contributed by atoms with Gasteiger partial charge >= 0.3 is 0 Å². The highest BCUT2D eigenvalue weighted by molar-refractivity contribution is 7.80. The number of hydrogen-bond donors (Lipinski definition) is 3. The van der Waals surface area contributed by atoms with E-state index in [1.165, 1.54) is 17.5 Å². The van der Waals surface area contributed by atoms with Gasteiger partial charge in [0.2, 0.25) is 0 Å². The first kappa shape index (κ1) is 13.8. The van der Waals surface area contributed by atoms with E-state index in [-0.39, 0.29) is 0 Å². The molecular formula is C13H21N3S. The van der Waals surface area contributed by atoms with Crippen LogP contribution in [-0.4, -0.2) is 11.7 Å². The Labute approximate surface area is 109 Å². The Bertz CT molecular complexity index is 357. The second kappa shape index (κ2) is 7.12. The highest BCUT2D eigenvalue weighted by Crippen LogP contribution is 2.12. The monoisotopic (exact) mass is 251 g/mol. The number of rotatable bonds is 5. The Morgan fingerprint density at radius 3 is 2.41 bits per heavy atom. The number of thiocarbonyl (C=S) groups is 1. The van der Waals surface area contributed by atoms with Gasteiger partial charge in [-0.05, 0) is 55.7 Å². The van der Waals surface area contributed by atoms with Crippen LogP contribution in [0, 0.1) is 13.8 Å². The van der Waals surface area contributed by atoms with Crippen molar-refractivity contribution in [3.8, 4) is 0 Å². The maximum Gasteiger partial charge on any atom is 0.185 e. The fourth-order valence-electron chi connectivity index (χ4n) is 1.60. The molecule has 0 aliphatic carbocycles. The summed E-state index contributed by atoms with van der Waals surface area (Å²) in [6.45, 7) is 7.23. The lowest BCUT2D eigenvalue weighted by Crippen LogP contribution is -2.39. The van der Waals surface area contributed by atoms with Crippen molar-refractivity contribution in [2.75, 3.05) is 12.0 Å². The van der Waals surface area contributed by atoms with Crippen molar-refractivity contribution < 1.29 is 0 Å². The summed E-state index contributed by atoms with van der Waals surface area (Å²) in [4.78, 5) is 0. The summed E-state index contributed by atoms with van der Waals surface area (Å²) in [6, 6.07) is 6.30. The Morgan fingerprint density at radius 1 is 1.18 bits per heavy atom.